The average molecular weight is 311 g/mol. The standard InChI is InChI=1S/C14H16O3Se/c15-13-14(18-11-6-2-1-3-7-11)9-5-4-8-12(14)16-10-17-13/h1-3,6-7,12H,4-5,8-10H2. The van der Waals surface area contributed by atoms with E-state index < -0.39 is 0 Å². The van der Waals surface area contributed by atoms with Crippen LogP contribution in [0.1, 0.15) is 25.7 Å². The maximum absolute atomic E-state index is 12.3. The predicted octanol–water partition coefficient (Wildman–Crippen LogP) is 1.65. The van der Waals surface area contributed by atoms with E-state index in [4.69, 9.17) is 9.47 Å². The topological polar surface area (TPSA) is 35.5 Å². The van der Waals surface area contributed by atoms with Gasteiger partial charge in [0.05, 0.1) is 0 Å². The third kappa shape index (κ3) is 2.09. The van der Waals surface area contributed by atoms with Crippen LogP contribution < -0.4 is 4.46 Å². The van der Waals surface area contributed by atoms with Crippen molar-refractivity contribution in [3.63, 3.8) is 0 Å². The van der Waals surface area contributed by atoms with Gasteiger partial charge in [0.1, 0.15) is 0 Å². The molecule has 3 nitrogen and oxygen atoms in total. The first-order valence-electron chi connectivity index (χ1n) is 6.34. The molecule has 0 aromatic heterocycles. The van der Waals surface area contributed by atoms with Crippen molar-refractivity contribution in [2.24, 2.45) is 0 Å². The van der Waals surface area contributed by atoms with E-state index in [2.05, 4.69) is 12.1 Å². The normalized spacial score (nSPS) is 31.6. The van der Waals surface area contributed by atoms with Crippen molar-refractivity contribution in [2.45, 2.75) is 36.1 Å². The molecule has 96 valence electrons. The van der Waals surface area contributed by atoms with E-state index in [0.29, 0.717) is 0 Å². The summed E-state index contributed by atoms with van der Waals surface area (Å²) in [7, 11) is 0. The van der Waals surface area contributed by atoms with Crippen LogP contribution in [0.4, 0.5) is 0 Å². The van der Waals surface area contributed by atoms with Gasteiger partial charge in [-0.1, -0.05) is 0 Å². The Balaban J connectivity index is 1.90. The molecule has 18 heavy (non-hydrogen) atoms. The van der Waals surface area contributed by atoms with Crippen LogP contribution in [0.3, 0.4) is 0 Å². The molecule has 2 aliphatic rings. The van der Waals surface area contributed by atoms with E-state index >= 15 is 0 Å². The minimum atomic E-state index is -0.384. The van der Waals surface area contributed by atoms with Gasteiger partial charge in [-0.2, -0.15) is 0 Å². The summed E-state index contributed by atoms with van der Waals surface area (Å²) in [5, 5.41) is 0. The summed E-state index contributed by atoms with van der Waals surface area (Å²) in [6, 6.07) is 10.3. The van der Waals surface area contributed by atoms with Gasteiger partial charge in [-0.25, -0.2) is 0 Å². The summed E-state index contributed by atoms with van der Waals surface area (Å²) < 4.78 is 11.7. The van der Waals surface area contributed by atoms with Crippen LogP contribution >= 0.6 is 0 Å². The number of fused-ring (bicyclic) bond motifs is 1. The molecule has 1 aromatic rings. The van der Waals surface area contributed by atoms with Crippen molar-refractivity contribution in [1.29, 1.82) is 0 Å². The zero-order valence-electron chi connectivity index (χ0n) is 10.1. The summed E-state index contributed by atoms with van der Waals surface area (Å²) in [4.78, 5) is 12.3. The fraction of sp³-hybridized carbons (Fsp3) is 0.500. The number of hydrogen-bond donors (Lipinski definition) is 0. The molecule has 1 aliphatic carbocycles. The molecular weight excluding hydrogens is 295 g/mol. The second-order valence-electron chi connectivity index (χ2n) is 4.76. The van der Waals surface area contributed by atoms with E-state index in [1.54, 1.807) is 0 Å². The Morgan fingerprint density at radius 1 is 1.22 bits per heavy atom. The summed E-state index contributed by atoms with van der Waals surface area (Å²) in [6.45, 7) is 0.135. The quantitative estimate of drug-likeness (QED) is 0.615. The van der Waals surface area contributed by atoms with Gasteiger partial charge in [-0.05, 0) is 0 Å². The van der Waals surface area contributed by atoms with E-state index in [1.165, 1.54) is 4.46 Å². The van der Waals surface area contributed by atoms with Crippen molar-refractivity contribution < 1.29 is 14.3 Å². The molecule has 1 aliphatic heterocycles. The monoisotopic (exact) mass is 312 g/mol. The van der Waals surface area contributed by atoms with Crippen molar-refractivity contribution in [3.05, 3.63) is 30.3 Å². The fourth-order valence-corrected chi connectivity index (χ4v) is 5.69. The summed E-state index contributed by atoms with van der Waals surface area (Å²) in [6.07, 6.45) is 4.22. The molecule has 4 heteroatoms. The van der Waals surface area contributed by atoms with Crippen LogP contribution in [0.15, 0.2) is 30.3 Å². The van der Waals surface area contributed by atoms with Gasteiger partial charge in [-0.3, -0.25) is 0 Å². The molecule has 0 spiro atoms. The van der Waals surface area contributed by atoms with Crippen LogP contribution in [0, 0.1) is 0 Å². The van der Waals surface area contributed by atoms with E-state index in [9.17, 15) is 4.79 Å². The molecule has 2 fully saturated rings. The first kappa shape index (κ1) is 12.2. The third-order valence-corrected chi connectivity index (χ3v) is 6.79. The molecular formula is C14H16O3Se. The number of carbonyl (C=O) groups is 1. The van der Waals surface area contributed by atoms with Crippen LogP contribution in [0.2, 0.25) is 4.31 Å². The summed E-state index contributed by atoms with van der Waals surface area (Å²) in [5.41, 5.74) is 0. The van der Waals surface area contributed by atoms with Crippen molar-refractivity contribution >= 4 is 25.4 Å². The zero-order valence-corrected chi connectivity index (χ0v) is 11.8. The van der Waals surface area contributed by atoms with Crippen LogP contribution in [-0.4, -0.2) is 33.8 Å². The Morgan fingerprint density at radius 2 is 2.06 bits per heavy atom. The number of benzene rings is 1. The molecule has 1 aromatic carbocycles. The van der Waals surface area contributed by atoms with Gasteiger partial charge in [0, 0.05) is 0 Å². The van der Waals surface area contributed by atoms with Crippen molar-refractivity contribution in [2.75, 3.05) is 6.79 Å². The Hall–Kier alpha value is -0.831. The number of rotatable bonds is 2. The Morgan fingerprint density at radius 3 is 2.89 bits per heavy atom. The second-order valence-corrected chi connectivity index (χ2v) is 7.70. The first-order chi connectivity index (χ1) is 8.81. The van der Waals surface area contributed by atoms with Gasteiger partial charge >= 0.3 is 113 Å². The van der Waals surface area contributed by atoms with Gasteiger partial charge in [0.25, 0.3) is 0 Å². The molecule has 2 atom stereocenters. The van der Waals surface area contributed by atoms with E-state index in [1.807, 2.05) is 18.2 Å². The number of carbonyl (C=O) groups excluding carboxylic acids is 1. The molecule has 1 saturated carbocycles. The first-order valence-corrected chi connectivity index (χ1v) is 8.05. The SMILES string of the molecule is O=C1OCOC2CCCCC12[Se]c1ccccc1. The van der Waals surface area contributed by atoms with Gasteiger partial charge < -0.3 is 0 Å². The van der Waals surface area contributed by atoms with Crippen molar-refractivity contribution in [1.82, 2.24) is 0 Å². The zero-order chi connectivity index (χ0) is 12.4. The Bertz CT molecular complexity index is 432. The fourth-order valence-electron chi connectivity index (χ4n) is 2.71. The number of esters is 1. The van der Waals surface area contributed by atoms with E-state index in [0.717, 1.165) is 25.7 Å². The second kappa shape index (κ2) is 5.04. The Kier molecular flexibility index (Phi) is 3.42. The maximum atomic E-state index is 12.3. The molecule has 0 amide bonds. The van der Waals surface area contributed by atoms with Gasteiger partial charge in [0.2, 0.25) is 0 Å². The third-order valence-electron chi connectivity index (χ3n) is 3.63. The molecule has 0 bridgehead atoms. The molecule has 0 radical (unpaired) electrons. The van der Waals surface area contributed by atoms with Crippen LogP contribution in [0.25, 0.3) is 0 Å². The van der Waals surface area contributed by atoms with Crippen molar-refractivity contribution in [3.8, 4) is 0 Å². The van der Waals surface area contributed by atoms with E-state index in [-0.39, 0.29) is 38.1 Å². The average Bonchev–Trinajstić information content (AvgIpc) is 2.41. The molecule has 1 heterocycles. The molecule has 2 unspecified atom stereocenters. The van der Waals surface area contributed by atoms with Gasteiger partial charge in [0.15, 0.2) is 0 Å². The minimum absolute atomic E-state index is 0.0395. The molecule has 3 rings (SSSR count). The Labute approximate surface area is 113 Å². The predicted molar refractivity (Wildman–Crippen MR) is 68.8 cm³/mol. The van der Waals surface area contributed by atoms with Gasteiger partial charge in [-0.15, -0.1) is 0 Å². The number of hydrogen-bond acceptors (Lipinski definition) is 3. The molecule has 0 N–H and O–H groups in total. The molecule has 1 saturated heterocycles. The number of ether oxygens (including phenoxy) is 2. The summed E-state index contributed by atoms with van der Waals surface area (Å²) in [5.74, 6) is -0.0395. The van der Waals surface area contributed by atoms with Crippen LogP contribution in [0.5, 0.6) is 0 Å². The number of cyclic esters (lactones) is 1. The van der Waals surface area contributed by atoms with Crippen LogP contribution in [-0.2, 0) is 14.3 Å². The summed E-state index contributed by atoms with van der Waals surface area (Å²) >= 11 is 0.0802.